The van der Waals surface area contributed by atoms with Gasteiger partial charge in [0.15, 0.2) is 0 Å². The predicted octanol–water partition coefficient (Wildman–Crippen LogP) is 7.63. The summed E-state index contributed by atoms with van der Waals surface area (Å²) in [6, 6.07) is 15.4. The molecule has 0 bridgehead atoms. The number of aryl methyl sites for hydroxylation is 2. The molecule has 2 aromatic heterocycles. The molecule has 0 saturated carbocycles. The molecule has 6 heterocycles. The van der Waals surface area contributed by atoms with Gasteiger partial charge in [-0.3, -0.25) is 19.8 Å². The first kappa shape index (κ1) is 46.0. The summed E-state index contributed by atoms with van der Waals surface area (Å²) in [7, 11) is -1.18. The Morgan fingerprint density at radius 1 is 0.924 bits per heavy atom. The zero-order valence-corrected chi connectivity index (χ0v) is 40.2. The van der Waals surface area contributed by atoms with Gasteiger partial charge in [-0.25, -0.2) is 8.78 Å². The van der Waals surface area contributed by atoms with Gasteiger partial charge in [0.1, 0.15) is 11.6 Å². The van der Waals surface area contributed by atoms with Crippen LogP contribution < -0.4 is 30.9 Å². The number of imide groups is 1. The summed E-state index contributed by atoms with van der Waals surface area (Å²) in [6.07, 6.45) is 10.7. The van der Waals surface area contributed by atoms with Gasteiger partial charge in [0.25, 0.3) is 0 Å². The van der Waals surface area contributed by atoms with E-state index in [4.69, 9.17) is 14.7 Å². The predicted molar refractivity (Wildman–Crippen MR) is 263 cm³/mol. The zero-order chi connectivity index (χ0) is 46.1. The Labute approximate surface area is 393 Å². The Bertz CT molecular complexity index is 2660. The number of piperidine rings is 2. The standard InChI is InChI=1S/C49H57BrF2N9O4P/c1-4-32-27-41(56-49-53-29-36(50)47(58-49)55-40-11-10-39-34(8-7-30(2)54-39)46(40)66(64)23-5-6-24-66)43(65-3)28-42(32)61-17-14-33(15-18-61)60-21-19-59(20-22-60)16-13-31-25-37(51)45(38(52)26-31)35-9-12-44(62)57-48(35)63/h5-8,10-11,25-29,33,35,64,66H,4,9,12-24H2,1-3H3,(H,57,62,63)(H2,53,55,56,58). The van der Waals surface area contributed by atoms with Gasteiger partial charge >= 0.3 is 224 Å². The van der Waals surface area contributed by atoms with Crippen molar-refractivity contribution in [3.8, 4) is 5.75 Å². The third kappa shape index (κ3) is 9.66. The fourth-order valence-corrected chi connectivity index (χ4v) is 13.5. The van der Waals surface area contributed by atoms with E-state index in [1.165, 1.54) is 17.7 Å². The van der Waals surface area contributed by atoms with Crippen molar-refractivity contribution in [1.29, 1.82) is 0 Å². The van der Waals surface area contributed by atoms with Gasteiger partial charge in [0, 0.05) is 63.8 Å². The molecule has 2 amide bonds. The number of pyridine rings is 1. The average Bonchev–Trinajstić information content (AvgIpc) is 3.76. The molecule has 5 aromatic rings. The number of halogens is 3. The number of anilines is 5. The molecular formula is C49H57BrF2N9O4P. The number of hydrogen-bond acceptors (Lipinski definition) is 12. The molecule has 3 fully saturated rings. The summed E-state index contributed by atoms with van der Waals surface area (Å²) in [5.74, 6) is -1.86. The molecule has 0 spiro atoms. The molecule has 17 heteroatoms. The van der Waals surface area contributed by atoms with Crippen molar-refractivity contribution in [2.45, 2.75) is 64.3 Å². The van der Waals surface area contributed by atoms with Crippen LogP contribution >= 0.6 is 23.4 Å². The summed E-state index contributed by atoms with van der Waals surface area (Å²) >= 11 is 3.66. The van der Waals surface area contributed by atoms with Gasteiger partial charge < -0.3 is 4.90 Å². The van der Waals surface area contributed by atoms with Gasteiger partial charge in [-0.1, -0.05) is 0 Å². The van der Waals surface area contributed by atoms with Crippen molar-refractivity contribution < 1.29 is 28.0 Å². The molecule has 0 radical (unpaired) electrons. The fraction of sp³-hybridized carbons (Fsp3) is 0.408. The van der Waals surface area contributed by atoms with Crippen LogP contribution in [-0.2, 0) is 22.4 Å². The Morgan fingerprint density at radius 2 is 1.67 bits per heavy atom. The van der Waals surface area contributed by atoms with Crippen molar-refractivity contribution in [3.05, 3.63) is 105 Å². The van der Waals surface area contributed by atoms with E-state index in [1.807, 2.05) is 25.1 Å². The summed E-state index contributed by atoms with van der Waals surface area (Å²) in [4.78, 5) is 57.5. The number of aromatic nitrogens is 3. The maximum atomic E-state index is 15.1. The van der Waals surface area contributed by atoms with E-state index in [0.717, 1.165) is 97.5 Å². The average molecular weight is 985 g/mol. The van der Waals surface area contributed by atoms with Crippen LogP contribution in [0, 0.1) is 18.6 Å². The van der Waals surface area contributed by atoms with E-state index < -0.39 is 36.9 Å². The molecule has 9 rings (SSSR count). The summed E-state index contributed by atoms with van der Waals surface area (Å²) < 4.78 is 36.9. The molecule has 1 atom stereocenters. The molecule has 3 aromatic carbocycles. The molecule has 3 saturated heterocycles. The fourth-order valence-electron chi connectivity index (χ4n) is 10.2. The minimum atomic E-state index is -2.86. The van der Waals surface area contributed by atoms with Crippen molar-refractivity contribution in [3.63, 3.8) is 0 Å². The normalized spacial score (nSPS) is 19.9. The molecular weight excluding hydrogens is 927 g/mol. The van der Waals surface area contributed by atoms with Crippen LogP contribution in [0.3, 0.4) is 0 Å². The number of rotatable bonds is 13. The van der Waals surface area contributed by atoms with Gasteiger partial charge in [-0.2, -0.15) is 0 Å². The Hall–Kier alpha value is -5.12. The third-order valence-corrected chi connectivity index (χ3v) is 17.6. The first-order chi connectivity index (χ1) is 31.9. The Morgan fingerprint density at radius 3 is 2.36 bits per heavy atom. The first-order valence-electron chi connectivity index (χ1n) is 23.0. The molecule has 1 unspecified atom stereocenters. The van der Waals surface area contributed by atoms with E-state index in [9.17, 15) is 14.5 Å². The number of carbonyl (C=O) groups excluding carboxylic acids is 2. The number of methoxy groups -OCH3 is 1. The van der Waals surface area contributed by atoms with Gasteiger partial charge in [0.05, 0.1) is 5.92 Å². The van der Waals surface area contributed by atoms with Crippen molar-refractivity contribution >= 4 is 80.3 Å². The SMILES string of the molecule is CCc1cc(Nc2ncc(Br)c(Nc3ccc4nc(C)ccc4c3[PH]3(O)CC=CC3)n2)c(OC)cc1N1CCC(N2CCN(CCc3cc(F)c(C4CCC(=O)NC4=O)c(F)c3)CC2)CC1. The van der Waals surface area contributed by atoms with Crippen LogP contribution in [0.25, 0.3) is 10.9 Å². The summed E-state index contributed by atoms with van der Waals surface area (Å²) in [5.41, 5.74) is 6.03. The van der Waals surface area contributed by atoms with Crippen LogP contribution in [0.5, 0.6) is 5.75 Å². The molecule has 0 aliphatic carbocycles. The number of fused-ring (bicyclic) bond motifs is 1. The zero-order valence-electron chi connectivity index (χ0n) is 37.6. The summed E-state index contributed by atoms with van der Waals surface area (Å²) in [5, 5.41) is 11.0. The minimum Gasteiger partial charge on any atom is -0.300 e. The number of hydrogen-bond donors (Lipinski definition) is 4. The van der Waals surface area contributed by atoms with Crippen LogP contribution in [0.4, 0.5) is 37.6 Å². The van der Waals surface area contributed by atoms with Crippen LogP contribution in [-0.4, -0.2) is 113 Å². The van der Waals surface area contributed by atoms with Gasteiger partial charge in [-0.05, 0) is 43.4 Å². The number of nitrogens with one attached hydrogen (secondary N) is 3. The molecule has 4 aliphatic heterocycles. The minimum absolute atomic E-state index is 0.0657. The van der Waals surface area contributed by atoms with Crippen molar-refractivity contribution in [2.24, 2.45) is 0 Å². The molecule has 348 valence electrons. The van der Waals surface area contributed by atoms with Crippen LogP contribution in [0.15, 0.2) is 71.4 Å². The second-order valence-electron chi connectivity index (χ2n) is 17.9. The van der Waals surface area contributed by atoms with Gasteiger partial charge in [0.2, 0.25) is 11.8 Å². The van der Waals surface area contributed by atoms with E-state index >= 15 is 8.78 Å². The second kappa shape index (κ2) is 19.6. The number of benzene rings is 3. The van der Waals surface area contributed by atoms with Crippen LogP contribution in [0.2, 0.25) is 0 Å². The third-order valence-electron chi connectivity index (χ3n) is 13.8. The van der Waals surface area contributed by atoms with E-state index in [1.54, 1.807) is 13.3 Å². The smallest absolute Gasteiger partial charge is 0.300 e. The molecule has 4 aliphatic rings. The molecule has 4 N–H and O–H groups in total. The number of piperazine rings is 1. The molecule has 13 nitrogen and oxygen atoms in total. The van der Waals surface area contributed by atoms with E-state index in [-0.39, 0.29) is 18.4 Å². The quantitative estimate of drug-likeness (QED) is 0.0523. The Kier molecular flexibility index (Phi) is 13.7. The van der Waals surface area contributed by atoms with Crippen molar-refractivity contribution in [1.82, 2.24) is 30.1 Å². The number of amides is 2. The monoisotopic (exact) mass is 983 g/mol. The maximum absolute atomic E-state index is 15.1. The molecule has 66 heavy (non-hydrogen) atoms. The number of nitrogens with zero attached hydrogens (tertiary/aromatic N) is 6. The summed E-state index contributed by atoms with van der Waals surface area (Å²) in [6.45, 7) is 10.3. The first-order valence-corrected chi connectivity index (χ1v) is 26.1. The second-order valence-corrected chi connectivity index (χ2v) is 22.2. The number of ether oxygens (including phenoxy) is 1. The number of allylic oxidation sites excluding steroid dienone is 2. The van der Waals surface area contributed by atoms with E-state index in [0.29, 0.717) is 58.9 Å². The number of carbonyl (C=O) groups is 2. The van der Waals surface area contributed by atoms with Crippen LogP contribution in [0.1, 0.15) is 60.9 Å². The van der Waals surface area contributed by atoms with Gasteiger partial charge in [-0.15, -0.1) is 0 Å². The topological polar surface area (TPSA) is 148 Å². The van der Waals surface area contributed by atoms with E-state index in [2.05, 4.69) is 88.8 Å². The van der Waals surface area contributed by atoms with Crippen molar-refractivity contribution in [2.75, 3.05) is 80.8 Å². The Balaban J connectivity index is 0.813.